The number of azide groups is 1. The molecule has 2 heterocycles. The number of rotatable bonds is 27. The predicted octanol–water partition coefficient (Wildman–Crippen LogP) is 6.58. The number of aliphatic hydroxyl groups excluding tert-OH is 1. The standard InChI is InChI=1S/C31H56N5O9P/c1-3-4-5-6-7-8-9-10-11-12-13-14-15-16-17-18-19-42-23-26(22-37)45-46(40,41)43-24-28-27(34-35-32)20-29(44-28)36-21-25(2)30(38)33-31(36)39/h21,26-29,37H,3-20,22-24H2,1-2H3,(H,40,41)(H,33,38,39)/t26-,27-,28+,29+/m0/s1. The first-order valence-electron chi connectivity index (χ1n) is 17.1. The highest BCUT2D eigenvalue weighted by Gasteiger charge is 2.38. The Morgan fingerprint density at radius 2 is 1.61 bits per heavy atom. The van der Waals surface area contributed by atoms with Crippen LogP contribution in [0.15, 0.2) is 20.9 Å². The molecule has 0 amide bonds. The third kappa shape index (κ3) is 16.2. The molecule has 264 valence electrons. The fourth-order valence-electron chi connectivity index (χ4n) is 5.49. The maximum Gasteiger partial charge on any atom is 0.472 e. The largest absolute Gasteiger partial charge is 0.472 e. The average molecular weight is 674 g/mol. The summed E-state index contributed by atoms with van der Waals surface area (Å²) in [6.07, 6.45) is 18.9. The molecule has 0 aliphatic carbocycles. The highest BCUT2D eigenvalue weighted by molar-refractivity contribution is 7.47. The second-order valence-corrected chi connectivity index (χ2v) is 13.6. The fourth-order valence-corrected chi connectivity index (χ4v) is 6.39. The Morgan fingerprint density at radius 3 is 2.15 bits per heavy atom. The number of nitrogens with one attached hydrogen (secondary N) is 1. The van der Waals surface area contributed by atoms with E-state index in [1.807, 2.05) is 0 Å². The van der Waals surface area contributed by atoms with Gasteiger partial charge in [0, 0.05) is 29.7 Å². The lowest BCUT2D eigenvalue weighted by atomic mass is 10.0. The van der Waals surface area contributed by atoms with Gasteiger partial charge in [-0.15, -0.1) is 0 Å². The first-order chi connectivity index (χ1) is 22.2. The molecule has 46 heavy (non-hydrogen) atoms. The van der Waals surface area contributed by atoms with Crippen molar-refractivity contribution >= 4 is 7.82 Å². The van der Waals surface area contributed by atoms with E-state index in [-0.39, 0.29) is 18.6 Å². The van der Waals surface area contributed by atoms with E-state index in [0.29, 0.717) is 6.61 Å². The lowest BCUT2D eigenvalue weighted by Crippen LogP contribution is -2.33. The Kier molecular flexibility index (Phi) is 20.4. The number of aromatic amines is 1. The zero-order chi connectivity index (χ0) is 33.6. The van der Waals surface area contributed by atoms with Crippen LogP contribution in [0.5, 0.6) is 0 Å². The molecule has 1 unspecified atom stereocenters. The van der Waals surface area contributed by atoms with Gasteiger partial charge in [0.05, 0.1) is 32.0 Å². The number of unbranched alkanes of at least 4 members (excludes halogenated alkanes) is 15. The zero-order valence-electron chi connectivity index (χ0n) is 27.7. The molecular formula is C31H56N5O9P. The molecule has 0 bridgehead atoms. The molecule has 15 heteroatoms. The fraction of sp³-hybridized carbons (Fsp3) is 0.871. The molecule has 1 fully saturated rings. The molecular weight excluding hydrogens is 617 g/mol. The van der Waals surface area contributed by atoms with Crippen LogP contribution < -0.4 is 11.2 Å². The van der Waals surface area contributed by atoms with Gasteiger partial charge in [-0.3, -0.25) is 23.4 Å². The van der Waals surface area contributed by atoms with Crippen LogP contribution in [0.3, 0.4) is 0 Å². The van der Waals surface area contributed by atoms with Gasteiger partial charge in [0.1, 0.15) is 12.3 Å². The zero-order valence-corrected chi connectivity index (χ0v) is 28.6. The summed E-state index contributed by atoms with van der Waals surface area (Å²) in [6, 6.07) is -0.814. The van der Waals surface area contributed by atoms with E-state index in [9.17, 15) is 24.2 Å². The highest BCUT2D eigenvalue weighted by Crippen LogP contribution is 2.45. The summed E-state index contributed by atoms with van der Waals surface area (Å²) in [5.41, 5.74) is 7.98. The van der Waals surface area contributed by atoms with Gasteiger partial charge >= 0.3 is 13.5 Å². The van der Waals surface area contributed by atoms with Gasteiger partial charge in [0.25, 0.3) is 5.56 Å². The van der Waals surface area contributed by atoms with Gasteiger partial charge in [-0.1, -0.05) is 108 Å². The van der Waals surface area contributed by atoms with Crippen molar-refractivity contribution in [3.63, 3.8) is 0 Å². The maximum absolute atomic E-state index is 12.6. The molecule has 0 radical (unpaired) electrons. The van der Waals surface area contributed by atoms with Gasteiger partial charge < -0.3 is 19.5 Å². The molecule has 5 atom stereocenters. The van der Waals surface area contributed by atoms with E-state index in [4.69, 9.17) is 24.1 Å². The summed E-state index contributed by atoms with van der Waals surface area (Å²) in [4.78, 5) is 39.1. The Morgan fingerprint density at radius 1 is 1.04 bits per heavy atom. The number of phosphoric ester groups is 1. The molecule has 0 aromatic carbocycles. The van der Waals surface area contributed by atoms with Crippen molar-refractivity contribution in [3.8, 4) is 0 Å². The molecule has 1 aliphatic heterocycles. The number of aryl methyl sites for hydroxylation is 1. The molecule has 0 spiro atoms. The van der Waals surface area contributed by atoms with Crippen molar-refractivity contribution in [1.29, 1.82) is 0 Å². The number of H-pyrrole nitrogens is 1. The van der Waals surface area contributed by atoms with Gasteiger partial charge in [0.2, 0.25) is 0 Å². The predicted molar refractivity (Wildman–Crippen MR) is 176 cm³/mol. The summed E-state index contributed by atoms with van der Waals surface area (Å²) < 4.78 is 35.2. The molecule has 1 saturated heterocycles. The molecule has 1 aromatic rings. The summed E-state index contributed by atoms with van der Waals surface area (Å²) in [5.74, 6) is 0. The molecule has 1 aliphatic rings. The summed E-state index contributed by atoms with van der Waals surface area (Å²) in [5, 5.41) is 13.3. The lowest BCUT2D eigenvalue weighted by Gasteiger charge is -2.21. The monoisotopic (exact) mass is 673 g/mol. The molecule has 1 aromatic heterocycles. The minimum Gasteiger partial charge on any atom is -0.394 e. The second kappa shape index (κ2) is 23.3. The normalized spacial score (nSPS) is 20.0. The smallest absolute Gasteiger partial charge is 0.394 e. The van der Waals surface area contributed by atoms with E-state index in [1.54, 1.807) is 0 Å². The molecule has 14 nitrogen and oxygen atoms in total. The first kappa shape index (κ1) is 40.2. The number of hydrogen-bond acceptors (Lipinski definition) is 9. The average Bonchev–Trinajstić information content (AvgIpc) is 3.43. The highest BCUT2D eigenvalue weighted by atomic mass is 31.2. The number of aliphatic hydroxyl groups is 1. The van der Waals surface area contributed by atoms with E-state index in [0.717, 1.165) is 23.8 Å². The van der Waals surface area contributed by atoms with Crippen molar-refractivity contribution in [3.05, 3.63) is 43.0 Å². The van der Waals surface area contributed by atoms with Crippen molar-refractivity contribution in [2.45, 2.75) is 147 Å². The van der Waals surface area contributed by atoms with Crippen molar-refractivity contribution in [2.75, 3.05) is 26.4 Å². The number of hydrogen-bond donors (Lipinski definition) is 3. The van der Waals surface area contributed by atoms with Crippen LogP contribution in [0.2, 0.25) is 0 Å². The minimum atomic E-state index is -4.64. The molecule has 2 rings (SSSR count). The van der Waals surface area contributed by atoms with Crippen LogP contribution >= 0.6 is 7.82 Å². The van der Waals surface area contributed by atoms with Crippen molar-refractivity contribution in [1.82, 2.24) is 9.55 Å². The van der Waals surface area contributed by atoms with Crippen LogP contribution in [0, 0.1) is 6.92 Å². The van der Waals surface area contributed by atoms with E-state index < -0.39 is 56.8 Å². The summed E-state index contributed by atoms with van der Waals surface area (Å²) in [6.45, 7) is 3.11. The Bertz CT molecular complexity index is 1190. The van der Waals surface area contributed by atoms with Crippen LogP contribution in [-0.4, -0.2) is 64.2 Å². The van der Waals surface area contributed by atoms with Crippen LogP contribution in [0.1, 0.15) is 128 Å². The number of aromatic nitrogens is 2. The summed E-state index contributed by atoms with van der Waals surface area (Å²) in [7, 11) is -4.64. The Hall–Kier alpha value is -2.02. The second-order valence-electron chi connectivity index (χ2n) is 12.2. The third-order valence-corrected chi connectivity index (χ3v) is 9.23. The summed E-state index contributed by atoms with van der Waals surface area (Å²) >= 11 is 0. The van der Waals surface area contributed by atoms with E-state index in [1.165, 1.54) is 96.6 Å². The minimum absolute atomic E-state index is 0.0759. The topological polar surface area (TPSA) is 198 Å². The van der Waals surface area contributed by atoms with Gasteiger partial charge in [-0.2, -0.15) is 0 Å². The maximum atomic E-state index is 12.6. The van der Waals surface area contributed by atoms with Gasteiger partial charge in [-0.25, -0.2) is 9.36 Å². The lowest BCUT2D eigenvalue weighted by molar-refractivity contribution is -0.0376. The van der Waals surface area contributed by atoms with Crippen LogP contribution in [0.25, 0.3) is 10.4 Å². The number of nitrogens with zero attached hydrogens (tertiary/aromatic N) is 4. The first-order valence-corrected chi connectivity index (χ1v) is 18.6. The molecule has 0 saturated carbocycles. The van der Waals surface area contributed by atoms with E-state index >= 15 is 0 Å². The number of ether oxygens (including phenoxy) is 2. The van der Waals surface area contributed by atoms with Crippen molar-refractivity contribution < 1.29 is 33.1 Å². The van der Waals surface area contributed by atoms with Crippen LogP contribution in [0.4, 0.5) is 0 Å². The number of phosphoric acid groups is 1. The van der Waals surface area contributed by atoms with Gasteiger partial charge in [-0.05, 0) is 18.9 Å². The Balaban J connectivity index is 1.57. The van der Waals surface area contributed by atoms with Gasteiger partial charge in [0.15, 0.2) is 0 Å². The van der Waals surface area contributed by atoms with E-state index in [2.05, 4.69) is 21.9 Å². The third-order valence-electron chi connectivity index (χ3n) is 8.19. The Labute approximate surface area is 272 Å². The van der Waals surface area contributed by atoms with Crippen LogP contribution in [-0.2, 0) is 23.1 Å². The molecule has 3 N–H and O–H groups in total. The quantitative estimate of drug-likeness (QED) is 0.0303. The van der Waals surface area contributed by atoms with Crippen molar-refractivity contribution in [2.24, 2.45) is 5.11 Å². The SMILES string of the molecule is CCCCCCCCCCCCCCCCCCOC[C@H](CO)OP(=O)(O)OC[C@H]1O[C@@H](n2cc(C)c(=O)[nH]c2=O)C[C@@H]1N=[N+]=[N-].